The zero-order chi connectivity index (χ0) is 0. The zero-order valence-electron chi connectivity index (χ0n) is 3.62. The van der Waals surface area contributed by atoms with Crippen molar-refractivity contribution in [3.8, 4) is 0 Å². The SMILES string of the molecule is Cl.N.O.[H-].[K+]. The Bertz CT molecular complexity index is 11.6. The van der Waals surface area contributed by atoms with E-state index in [1.54, 1.807) is 0 Å². The summed E-state index contributed by atoms with van der Waals surface area (Å²) in [7, 11) is 0. The van der Waals surface area contributed by atoms with Gasteiger partial charge >= 0.3 is 51.4 Å². The molecule has 5 N–H and O–H groups in total. The van der Waals surface area contributed by atoms with Gasteiger partial charge in [-0.05, 0) is 0 Å². The fourth-order valence-electron chi connectivity index (χ4n) is 0. The van der Waals surface area contributed by atoms with Gasteiger partial charge in [0, 0.05) is 0 Å². The Morgan fingerprint density at radius 1 is 1.25 bits per heavy atom. The second-order valence-corrected chi connectivity index (χ2v) is 0. The van der Waals surface area contributed by atoms with E-state index in [0.717, 1.165) is 0 Å². The largest absolute Gasteiger partial charge is 1.00 e. The van der Waals surface area contributed by atoms with Crippen molar-refractivity contribution >= 4 is 12.4 Å². The van der Waals surface area contributed by atoms with Gasteiger partial charge in [0.2, 0.25) is 0 Å². The van der Waals surface area contributed by atoms with Gasteiger partial charge in [-0.3, -0.25) is 0 Å². The molecule has 0 aromatic rings. The van der Waals surface area contributed by atoms with E-state index in [4.69, 9.17) is 0 Å². The van der Waals surface area contributed by atoms with Gasteiger partial charge in [0.15, 0.2) is 0 Å². The van der Waals surface area contributed by atoms with E-state index in [9.17, 15) is 0 Å². The van der Waals surface area contributed by atoms with Crippen LogP contribution in [0.1, 0.15) is 1.43 Å². The van der Waals surface area contributed by atoms with Gasteiger partial charge in [0.05, 0.1) is 0 Å². The third kappa shape index (κ3) is 9.14. The van der Waals surface area contributed by atoms with Crippen molar-refractivity contribution in [1.29, 1.82) is 0 Å². The van der Waals surface area contributed by atoms with Crippen LogP contribution in [0.15, 0.2) is 0 Å². The van der Waals surface area contributed by atoms with Crippen LogP contribution in [0.4, 0.5) is 0 Å². The first-order chi connectivity index (χ1) is 0. The summed E-state index contributed by atoms with van der Waals surface area (Å²) in [5, 5.41) is 0. The van der Waals surface area contributed by atoms with Gasteiger partial charge in [-0.2, -0.15) is 0 Å². The molecule has 0 amide bonds. The molecular formula is H7ClKNO. The molecule has 0 saturated carbocycles. The van der Waals surface area contributed by atoms with Gasteiger partial charge < -0.3 is 13.1 Å². The molecule has 0 bridgehead atoms. The van der Waals surface area contributed by atoms with Crippen molar-refractivity contribution in [3.63, 3.8) is 0 Å². The molecular weight excluding hydrogens is 105 g/mol. The van der Waals surface area contributed by atoms with Gasteiger partial charge in [-0.1, -0.05) is 0 Å². The summed E-state index contributed by atoms with van der Waals surface area (Å²) in [6.07, 6.45) is 0. The van der Waals surface area contributed by atoms with E-state index in [2.05, 4.69) is 0 Å². The van der Waals surface area contributed by atoms with Crippen LogP contribution in [0.3, 0.4) is 0 Å². The molecule has 0 atom stereocenters. The Kier molecular flexibility index (Phi) is 212. The van der Waals surface area contributed by atoms with Crippen molar-refractivity contribution in [2.45, 2.75) is 0 Å². The molecule has 2 nitrogen and oxygen atoms in total. The molecule has 0 aliphatic rings. The summed E-state index contributed by atoms with van der Waals surface area (Å²) in [4.78, 5) is 0. The van der Waals surface area contributed by atoms with Gasteiger partial charge in [-0.25, -0.2) is 0 Å². The van der Waals surface area contributed by atoms with Crippen LogP contribution in [0.5, 0.6) is 0 Å². The molecule has 0 aliphatic carbocycles. The van der Waals surface area contributed by atoms with Gasteiger partial charge in [0.1, 0.15) is 0 Å². The minimum absolute atomic E-state index is 0. The Morgan fingerprint density at radius 3 is 1.25 bits per heavy atom. The van der Waals surface area contributed by atoms with Crippen LogP contribution >= 0.6 is 12.4 Å². The fraction of sp³-hybridized carbons (Fsp3) is 0. The van der Waals surface area contributed by atoms with E-state index >= 15 is 0 Å². The van der Waals surface area contributed by atoms with Crippen LogP contribution in [0.25, 0.3) is 0 Å². The molecule has 0 rings (SSSR count). The van der Waals surface area contributed by atoms with E-state index < -0.39 is 0 Å². The second-order valence-electron chi connectivity index (χ2n) is 0. The van der Waals surface area contributed by atoms with E-state index in [1.807, 2.05) is 0 Å². The first-order valence-electron chi connectivity index (χ1n) is 0. The van der Waals surface area contributed by atoms with Crippen molar-refractivity contribution in [1.82, 2.24) is 6.15 Å². The molecule has 0 unspecified atom stereocenters. The molecule has 26 valence electrons. The van der Waals surface area contributed by atoms with Crippen LogP contribution < -0.4 is 57.5 Å². The summed E-state index contributed by atoms with van der Waals surface area (Å²) >= 11 is 0. The van der Waals surface area contributed by atoms with Crippen molar-refractivity contribution in [2.75, 3.05) is 0 Å². The predicted molar refractivity (Wildman–Crippen MR) is 17.0 cm³/mol. The maximum atomic E-state index is 0. The van der Waals surface area contributed by atoms with Crippen LogP contribution in [0, 0.1) is 0 Å². The topological polar surface area (TPSA) is 66.5 Å². The number of rotatable bonds is 0. The maximum absolute atomic E-state index is 0. The number of hydrogen-bond donors (Lipinski definition) is 1. The summed E-state index contributed by atoms with van der Waals surface area (Å²) in [6.45, 7) is 0. The first kappa shape index (κ1) is 40.3. The summed E-state index contributed by atoms with van der Waals surface area (Å²) in [6, 6.07) is 0. The molecule has 0 heterocycles. The third-order valence-corrected chi connectivity index (χ3v) is 0. The Labute approximate surface area is 75.5 Å². The predicted octanol–water partition coefficient (Wildman–Crippen LogP) is -3.12. The zero-order valence-corrected chi connectivity index (χ0v) is 6.55. The Morgan fingerprint density at radius 2 is 1.25 bits per heavy atom. The third-order valence-electron chi connectivity index (χ3n) is 0. The molecule has 0 aromatic heterocycles. The molecule has 4 heavy (non-hydrogen) atoms. The number of hydrogen-bond acceptors (Lipinski definition) is 1. The standard InChI is InChI=1S/ClH.K.H3N.H2O.H/h1H;;1H3;1H2;/q;+1;;;-1. The van der Waals surface area contributed by atoms with Crippen LogP contribution in [-0.4, -0.2) is 5.48 Å². The average Bonchev–Trinajstić information content (AvgIpc) is 0. The summed E-state index contributed by atoms with van der Waals surface area (Å²) in [5.41, 5.74) is 0. The van der Waals surface area contributed by atoms with Crippen LogP contribution in [0.2, 0.25) is 0 Å². The summed E-state index contributed by atoms with van der Waals surface area (Å²) in [5.74, 6) is 0. The van der Waals surface area contributed by atoms with Crippen molar-refractivity contribution < 1.29 is 58.3 Å². The fourth-order valence-corrected chi connectivity index (χ4v) is 0. The minimum atomic E-state index is 0. The van der Waals surface area contributed by atoms with E-state index in [1.165, 1.54) is 0 Å². The normalized spacial score (nSPS) is 0. The Balaban J connectivity index is 0. The monoisotopic (exact) mass is 111 g/mol. The van der Waals surface area contributed by atoms with Crippen molar-refractivity contribution in [3.05, 3.63) is 0 Å². The molecule has 0 saturated heterocycles. The van der Waals surface area contributed by atoms with E-state index in [-0.39, 0.29) is 76.8 Å². The molecule has 0 aliphatic heterocycles. The smallest absolute Gasteiger partial charge is 1.00 e. The molecule has 0 radical (unpaired) electrons. The maximum Gasteiger partial charge on any atom is 1.00 e. The van der Waals surface area contributed by atoms with Gasteiger partial charge in [-0.15, -0.1) is 12.4 Å². The molecule has 0 fully saturated rings. The molecule has 4 heteroatoms. The van der Waals surface area contributed by atoms with E-state index in [0.29, 0.717) is 0 Å². The summed E-state index contributed by atoms with van der Waals surface area (Å²) < 4.78 is 0. The Hall–Kier alpha value is 1.85. The minimum Gasteiger partial charge on any atom is -1.00 e. The average molecular weight is 112 g/mol. The van der Waals surface area contributed by atoms with Crippen LogP contribution in [-0.2, 0) is 0 Å². The molecule has 0 aromatic carbocycles. The second kappa shape index (κ2) is 21.0. The first-order valence-corrected chi connectivity index (χ1v) is 0. The molecule has 0 spiro atoms. The van der Waals surface area contributed by atoms with Crippen molar-refractivity contribution in [2.24, 2.45) is 0 Å². The quantitative estimate of drug-likeness (QED) is 0.330. The van der Waals surface area contributed by atoms with Gasteiger partial charge in [0.25, 0.3) is 0 Å². The number of halogens is 1.